The van der Waals surface area contributed by atoms with E-state index in [0.29, 0.717) is 16.9 Å². The molecule has 0 saturated heterocycles. The summed E-state index contributed by atoms with van der Waals surface area (Å²) in [4.78, 5) is 27.2. The fourth-order valence-electron chi connectivity index (χ4n) is 3.27. The van der Waals surface area contributed by atoms with Crippen LogP contribution in [0.15, 0.2) is 47.5 Å². The average molecular weight is 411 g/mol. The fourth-order valence-corrected chi connectivity index (χ4v) is 3.46. The number of hydrogen-bond acceptors (Lipinski definition) is 3. The van der Waals surface area contributed by atoms with Gasteiger partial charge in [0.25, 0.3) is 0 Å². The van der Waals surface area contributed by atoms with Gasteiger partial charge in [-0.2, -0.15) is 0 Å². The number of aromatic carboxylic acids is 2. The van der Waals surface area contributed by atoms with Crippen LogP contribution in [0.2, 0.25) is 5.02 Å². The third kappa shape index (κ3) is 3.93. The van der Waals surface area contributed by atoms with Crippen molar-refractivity contribution in [3.63, 3.8) is 0 Å². The van der Waals surface area contributed by atoms with Crippen LogP contribution in [0, 0.1) is 20.8 Å². The van der Waals surface area contributed by atoms with Gasteiger partial charge >= 0.3 is 11.9 Å². The molecular weight excluding hydrogens is 392 g/mol. The Morgan fingerprint density at radius 3 is 2.34 bits per heavy atom. The summed E-state index contributed by atoms with van der Waals surface area (Å²) < 4.78 is 1.92. The van der Waals surface area contributed by atoms with Gasteiger partial charge in [0, 0.05) is 28.9 Å². The molecule has 0 radical (unpaired) electrons. The molecule has 0 atom stereocenters. The Kier molecular flexibility index (Phi) is 5.57. The summed E-state index contributed by atoms with van der Waals surface area (Å²) in [6.07, 6.45) is 1.68. The first-order valence-electron chi connectivity index (χ1n) is 8.80. The molecule has 0 bridgehead atoms. The minimum Gasteiger partial charge on any atom is -0.478 e. The van der Waals surface area contributed by atoms with Crippen LogP contribution in [-0.4, -0.2) is 32.9 Å². The van der Waals surface area contributed by atoms with Crippen LogP contribution in [0.4, 0.5) is 5.69 Å². The summed E-state index contributed by atoms with van der Waals surface area (Å²) in [6.45, 7) is 5.54. The van der Waals surface area contributed by atoms with Crippen LogP contribution in [-0.2, 0) is 0 Å². The molecule has 6 nitrogen and oxygen atoms in total. The lowest BCUT2D eigenvalue weighted by Crippen LogP contribution is -2.04. The first kappa shape index (κ1) is 20.4. The SMILES string of the molecule is Cc1c(N=Cc2cc(C)n(-c3ccc(Cl)c(C(=O)O)c3)c2C)cccc1C(=O)O. The van der Waals surface area contributed by atoms with Crippen LogP contribution in [0.25, 0.3) is 5.69 Å². The molecule has 0 saturated carbocycles. The van der Waals surface area contributed by atoms with E-state index in [4.69, 9.17) is 11.6 Å². The highest BCUT2D eigenvalue weighted by Gasteiger charge is 2.14. The van der Waals surface area contributed by atoms with Gasteiger partial charge in [-0.15, -0.1) is 0 Å². The monoisotopic (exact) mass is 410 g/mol. The van der Waals surface area contributed by atoms with Gasteiger partial charge < -0.3 is 14.8 Å². The van der Waals surface area contributed by atoms with E-state index in [-0.39, 0.29) is 16.1 Å². The van der Waals surface area contributed by atoms with Gasteiger partial charge in [-0.25, -0.2) is 9.59 Å². The first-order valence-corrected chi connectivity index (χ1v) is 9.17. The van der Waals surface area contributed by atoms with E-state index in [0.717, 1.165) is 17.0 Å². The molecule has 3 rings (SSSR count). The molecule has 2 N–H and O–H groups in total. The summed E-state index contributed by atoms with van der Waals surface area (Å²) in [5.41, 5.74) is 4.72. The van der Waals surface area contributed by atoms with Crippen LogP contribution in [0.5, 0.6) is 0 Å². The minimum atomic E-state index is -1.09. The first-order chi connectivity index (χ1) is 13.7. The van der Waals surface area contributed by atoms with E-state index in [9.17, 15) is 19.8 Å². The van der Waals surface area contributed by atoms with Crippen LogP contribution in [0.1, 0.15) is 43.2 Å². The van der Waals surface area contributed by atoms with Gasteiger partial charge in [0.1, 0.15) is 0 Å². The van der Waals surface area contributed by atoms with Crippen molar-refractivity contribution in [1.29, 1.82) is 0 Å². The lowest BCUT2D eigenvalue weighted by Gasteiger charge is -2.11. The number of halogens is 1. The van der Waals surface area contributed by atoms with Gasteiger partial charge in [0.05, 0.1) is 21.8 Å². The van der Waals surface area contributed by atoms with Crippen molar-refractivity contribution < 1.29 is 19.8 Å². The van der Waals surface area contributed by atoms with Crippen molar-refractivity contribution in [1.82, 2.24) is 4.57 Å². The van der Waals surface area contributed by atoms with E-state index < -0.39 is 11.9 Å². The molecule has 0 aliphatic carbocycles. The average Bonchev–Trinajstić information content (AvgIpc) is 2.94. The molecule has 7 heteroatoms. The smallest absolute Gasteiger partial charge is 0.337 e. The molecule has 0 spiro atoms. The molecule has 0 fully saturated rings. The lowest BCUT2D eigenvalue weighted by atomic mass is 10.1. The highest BCUT2D eigenvalue weighted by molar-refractivity contribution is 6.33. The van der Waals surface area contributed by atoms with Gasteiger partial charge in [0.15, 0.2) is 0 Å². The lowest BCUT2D eigenvalue weighted by molar-refractivity contribution is 0.0685. The second kappa shape index (κ2) is 7.93. The van der Waals surface area contributed by atoms with Gasteiger partial charge in [0.2, 0.25) is 0 Å². The normalized spacial score (nSPS) is 11.2. The number of rotatable bonds is 5. The maximum atomic E-state index is 11.4. The highest BCUT2D eigenvalue weighted by atomic mass is 35.5. The quantitative estimate of drug-likeness (QED) is 0.565. The van der Waals surface area contributed by atoms with Crippen molar-refractivity contribution >= 4 is 35.4 Å². The molecule has 0 aliphatic rings. The van der Waals surface area contributed by atoms with Crippen LogP contribution in [0.3, 0.4) is 0 Å². The van der Waals surface area contributed by atoms with Crippen molar-refractivity contribution in [3.8, 4) is 5.69 Å². The molecule has 0 aliphatic heterocycles. The standard InChI is InChI=1S/C22H19ClN2O4/c1-12-9-15(11-24-20-6-4-5-17(13(20)2)21(26)27)14(3)25(12)16-7-8-19(23)18(10-16)22(28)29/h4-11H,1-3H3,(H,26,27)(H,28,29). The Balaban J connectivity index is 2.02. The highest BCUT2D eigenvalue weighted by Crippen LogP contribution is 2.26. The number of aliphatic imine (C=N–C) groups is 1. The topological polar surface area (TPSA) is 91.9 Å². The molecule has 2 aromatic carbocycles. The summed E-state index contributed by atoms with van der Waals surface area (Å²) in [5, 5.41) is 18.8. The maximum absolute atomic E-state index is 11.4. The largest absolute Gasteiger partial charge is 0.478 e. The van der Waals surface area contributed by atoms with Crippen LogP contribution >= 0.6 is 11.6 Å². The Labute approximate surface area is 172 Å². The molecule has 29 heavy (non-hydrogen) atoms. The van der Waals surface area contributed by atoms with Gasteiger partial charge in [-0.05, 0) is 62.7 Å². The molecule has 148 valence electrons. The summed E-state index contributed by atoms with van der Waals surface area (Å²) >= 11 is 5.98. The number of hydrogen-bond donors (Lipinski definition) is 2. The van der Waals surface area contributed by atoms with E-state index in [2.05, 4.69) is 4.99 Å². The number of carboxylic acids is 2. The zero-order valence-electron chi connectivity index (χ0n) is 16.1. The molecule has 3 aromatic rings. The fraction of sp³-hybridized carbons (Fsp3) is 0.136. The van der Waals surface area contributed by atoms with Gasteiger partial charge in [-0.1, -0.05) is 17.7 Å². The Morgan fingerprint density at radius 2 is 1.69 bits per heavy atom. The summed E-state index contributed by atoms with van der Waals surface area (Å²) in [7, 11) is 0. The van der Waals surface area contributed by atoms with Crippen molar-refractivity contribution in [2.75, 3.05) is 0 Å². The Bertz CT molecular complexity index is 1160. The zero-order chi connectivity index (χ0) is 21.3. The van der Waals surface area contributed by atoms with Crippen molar-refractivity contribution in [2.24, 2.45) is 4.99 Å². The van der Waals surface area contributed by atoms with Crippen molar-refractivity contribution in [2.45, 2.75) is 20.8 Å². The number of benzene rings is 2. The number of nitrogens with zero attached hydrogens (tertiary/aromatic N) is 2. The van der Waals surface area contributed by atoms with Gasteiger partial charge in [-0.3, -0.25) is 4.99 Å². The second-order valence-electron chi connectivity index (χ2n) is 6.64. The maximum Gasteiger partial charge on any atom is 0.337 e. The Hall–Kier alpha value is -3.38. The third-order valence-corrected chi connectivity index (χ3v) is 5.12. The third-order valence-electron chi connectivity index (χ3n) is 4.79. The molecular formula is C22H19ClN2O4. The molecule has 0 unspecified atom stereocenters. The summed E-state index contributed by atoms with van der Waals surface area (Å²) in [5.74, 6) is -2.08. The number of carbonyl (C=O) groups is 2. The predicted molar refractivity (Wildman–Crippen MR) is 113 cm³/mol. The summed E-state index contributed by atoms with van der Waals surface area (Å²) in [6, 6.07) is 11.8. The molecule has 1 aromatic heterocycles. The molecule has 1 heterocycles. The van der Waals surface area contributed by atoms with E-state index in [1.54, 1.807) is 43.5 Å². The van der Waals surface area contributed by atoms with E-state index >= 15 is 0 Å². The molecule has 0 amide bonds. The zero-order valence-corrected chi connectivity index (χ0v) is 16.9. The van der Waals surface area contributed by atoms with Crippen LogP contribution < -0.4 is 0 Å². The number of aromatic nitrogens is 1. The number of aryl methyl sites for hydroxylation is 1. The van der Waals surface area contributed by atoms with Crippen molar-refractivity contribution in [3.05, 3.63) is 81.1 Å². The van der Waals surface area contributed by atoms with E-state index in [1.165, 1.54) is 6.07 Å². The van der Waals surface area contributed by atoms with E-state index in [1.807, 2.05) is 24.5 Å². The minimum absolute atomic E-state index is 0.0352. The number of carboxylic acid groups (broad SMARTS) is 2. The predicted octanol–water partition coefficient (Wildman–Crippen LogP) is 5.20. The Morgan fingerprint density at radius 1 is 1.00 bits per heavy atom. The second-order valence-corrected chi connectivity index (χ2v) is 7.05.